The molecule has 1 aromatic carbocycles. The Morgan fingerprint density at radius 3 is 2.56 bits per heavy atom. The van der Waals surface area contributed by atoms with E-state index in [0.29, 0.717) is 12.5 Å². The highest BCUT2D eigenvalue weighted by Gasteiger charge is 2.12. The number of ether oxygens (including phenoxy) is 1. The van der Waals surface area contributed by atoms with Crippen molar-refractivity contribution < 1.29 is 4.74 Å². The maximum absolute atomic E-state index is 5.43. The molecule has 3 aromatic heterocycles. The fraction of sp³-hybridized carbons (Fsp3) is 0.143. The Morgan fingerprint density at radius 1 is 0.852 bits per heavy atom. The molecular weight excluding hydrogens is 338 g/mol. The third-order valence-corrected chi connectivity index (χ3v) is 4.36. The summed E-state index contributed by atoms with van der Waals surface area (Å²) in [5.74, 6) is 1.41. The molecule has 0 aliphatic heterocycles. The number of rotatable bonds is 5. The molecule has 0 saturated heterocycles. The molecule has 4 rings (SSSR count). The van der Waals surface area contributed by atoms with Gasteiger partial charge in [-0.05, 0) is 35.9 Å². The molecule has 0 amide bonds. The van der Waals surface area contributed by atoms with Crippen LogP contribution in [0.25, 0.3) is 22.3 Å². The van der Waals surface area contributed by atoms with E-state index in [0.717, 1.165) is 33.6 Å². The Balaban J connectivity index is 1.65. The molecule has 27 heavy (non-hydrogen) atoms. The SMILES string of the molecule is COc1ccc(CN(C)c2nccc(-c3ccccn3)n2)c2cccnc12. The number of methoxy groups -OCH3 is 1. The van der Waals surface area contributed by atoms with Crippen molar-refractivity contribution in [2.24, 2.45) is 0 Å². The highest BCUT2D eigenvalue weighted by Crippen LogP contribution is 2.27. The molecule has 6 heteroatoms. The van der Waals surface area contributed by atoms with Crippen LogP contribution in [0.2, 0.25) is 0 Å². The van der Waals surface area contributed by atoms with Gasteiger partial charge in [-0.2, -0.15) is 0 Å². The van der Waals surface area contributed by atoms with E-state index < -0.39 is 0 Å². The lowest BCUT2D eigenvalue weighted by atomic mass is 10.1. The number of benzene rings is 1. The molecule has 0 unspecified atom stereocenters. The maximum atomic E-state index is 5.43. The zero-order valence-corrected chi connectivity index (χ0v) is 15.2. The zero-order valence-electron chi connectivity index (χ0n) is 15.2. The molecular formula is C21H19N5O. The van der Waals surface area contributed by atoms with Gasteiger partial charge >= 0.3 is 0 Å². The third kappa shape index (κ3) is 3.42. The average Bonchev–Trinajstić information content (AvgIpc) is 2.74. The summed E-state index contributed by atoms with van der Waals surface area (Å²) in [4.78, 5) is 19.9. The number of pyridine rings is 2. The van der Waals surface area contributed by atoms with Gasteiger partial charge in [0, 0.05) is 37.6 Å². The number of hydrogen-bond acceptors (Lipinski definition) is 6. The second-order valence-corrected chi connectivity index (χ2v) is 6.14. The molecule has 0 aliphatic rings. The molecule has 0 spiro atoms. The van der Waals surface area contributed by atoms with Crippen molar-refractivity contribution >= 4 is 16.9 Å². The van der Waals surface area contributed by atoms with Crippen LogP contribution in [0.15, 0.2) is 67.1 Å². The number of fused-ring (bicyclic) bond motifs is 1. The van der Waals surface area contributed by atoms with Crippen molar-refractivity contribution in [2.45, 2.75) is 6.54 Å². The molecule has 3 heterocycles. The Hall–Kier alpha value is -3.54. The first-order chi connectivity index (χ1) is 13.3. The summed E-state index contributed by atoms with van der Waals surface area (Å²) in [7, 11) is 3.64. The van der Waals surface area contributed by atoms with Crippen molar-refractivity contribution in [3.8, 4) is 17.1 Å². The van der Waals surface area contributed by atoms with Gasteiger partial charge in [-0.3, -0.25) is 9.97 Å². The summed E-state index contributed by atoms with van der Waals surface area (Å²) in [6.07, 6.45) is 5.30. The molecule has 0 bridgehead atoms. The van der Waals surface area contributed by atoms with Gasteiger partial charge in [0.25, 0.3) is 0 Å². The number of aromatic nitrogens is 4. The quantitative estimate of drug-likeness (QED) is 0.542. The second kappa shape index (κ2) is 7.37. The average molecular weight is 357 g/mol. The van der Waals surface area contributed by atoms with Gasteiger partial charge in [-0.25, -0.2) is 9.97 Å². The van der Waals surface area contributed by atoms with Crippen LogP contribution < -0.4 is 9.64 Å². The van der Waals surface area contributed by atoms with Crippen LogP contribution in [0.1, 0.15) is 5.56 Å². The Bertz CT molecular complexity index is 1070. The minimum Gasteiger partial charge on any atom is -0.494 e. The molecule has 0 radical (unpaired) electrons. The molecule has 0 N–H and O–H groups in total. The van der Waals surface area contributed by atoms with Crippen molar-refractivity contribution in [2.75, 3.05) is 19.1 Å². The van der Waals surface area contributed by atoms with Gasteiger partial charge in [-0.15, -0.1) is 0 Å². The van der Waals surface area contributed by atoms with Gasteiger partial charge in [0.1, 0.15) is 11.3 Å². The summed E-state index contributed by atoms with van der Waals surface area (Å²) in [5, 5.41) is 1.06. The molecule has 6 nitrogen and oxygen atoms in total. The predicted molar refractivity (Wildman–Crippen MR) is 106 cm³/mol. The third-order valence-electron chi connectivity index (χ3n) is 4.36. The molecule has 0 saturated carbocycles. The van der Waals surface area contributed by atoms with Crippen molar-refractivity contribution in [3.63, 3.8) is 0 Å². The van der Waals surface area contributed by atoms with Crippen molar-refractivity contribution in [1.29, 1.82) is 0 Å². The van der Waals surface area contributed by atoms with Crippen LogP contribution in [0.4, 0.5) is 5.95 Å². The summed E-state index contributed by atoms with van der Waals surface area (Å²) < 4.78 is 5.43. The summed E-state index contributed by atoms with van der Waals surface area (Å²) in [6.45, 7) is 0.651. The normalized spacial score (nSPS) is 10.7. The van der Waals surface area contributed by atoms with E-state index in [1.54, 1.807) is 25.7 Å². The number of nitrogens with zero attached hydrogens (tertiary/aromatic N) is 5. The van der Waals surface area contributed by atoms with Gasteiger partial charge in [0.05, 0.1) is 18.5 Å². The van der Waals surface area contributed by atoms with Crippen LogP contribution in [-0.2, 0) is 6.54 Å². The van der Waals surface area contributed by atoms with E-state index in [2.05, 4.69) is 32.1 Å². The molecule has 4 aromatic rings. The summed E-state index contributed by atoms with van der Waals surface area (Å²) >= 11 is 0. The van der Waals surface area contributed by atoms with Gasteiger partial charge < -0.3 is 9.64 Å². The van der Waals surface area contributed by atoms with E-state index >= 15 is 0 Å². The largest absolute Gasteiger partial charge is 0.494 e. The molecule has 0 atom stereocenters. The number of anilines is 1. The smallest absolute Gasteiger partial charge is 0.225 e. The van der Waals surface area contributed by atoms with Crippen LogP contribution >= 0.6 is 0 Å². The van der Waals surface area contributed by atoms with Gasteiger partial charge in [0.2, 0.25) is 5.95 Å². The van der Waals surface area contributed by atoms with Crippen LogP contribution in [0.5, 0.6) is 5.75 Å². The minimum atomic E-state index is 0.644. The van der Waals surface area contributed by atoms with Crippen molar-refractivity contribution in [1.82, 2.24) is 19.9 Å². The monoisotopic (exact) mass is 357 g/mol. The fourth-order valence-electron chi connectivity index (χ4n) is 3.02. The van der Waals surface area contributed by atoms with E-state index in [9.17, 15) is 0 Å². The topological polar surface area (TPSA) is 64.0 Å². The highest BCUT2D eigenvalue weighted by atomic mass is 16.5. The number of hydrogen-bond donors (Lipinski definition) is 0. The van der Waals surface area contributed by atoms with Crippen LogP contribution in [0.3, 0.4) is 0 Å². The molecule has 0 aliphatic carbocycles. The van der Waals surface area contributed by atoms with Gasteiger partial charge in [0.15, 0.2) is 0 Å². The van der Waals surface area contributed by atoms with E-state index in [-0.39, 0.29) is 0 Å². The molecule has 134 valence electrons. The standard InChI is InChI=1S/C21H19N5O/c1-26(21-24-13-10-18(25-21)17-7-3-4-11-22-17)14-15-8-9-19(27-2)20-16(15)6-5-12-23-20/h3-13H,14H2,1-2H3. The summed E-state index contributed by atoms with van der Waals surface area (Å²) in [5.41, 5.74) is 3.62. The van der Waals surface area contributed by atoms with Crippen molar-refractivity contribution in [3.05, 3.63) is 72.7 Å². The van der Waals surface area contributed by atoms with Crippen LogP contribution in [-0.4, -0.2) is 34.1 Å². The zero-order chi connectivity index (χ0) is 18.6. The fourth-order valence-corrected chi connectivity index (χ4v) is 3.02. The first-order valence-electron chi connectivity index (χ1n) is 8.62. The Morgan fingerprint density at radius 2 is 1.74 bits per heavy atom. The first-order valence-corrected chi connectivity index (χ1v) is 8.62. The van der Waals surface area contributed by atoms with Gasteiger partial charge in [-0.1, -0.05) is 18.2 Å². The van der Waals surface area contributed by atoms with E-state index in [1.165, 1.54) is 0 Å². The summed E-state index contributed by atoms with van der Waals surface area (Å²) in [6, 6.07) is 15.6. The predicted octanol–water partition coefficient (Wildman–Crippen LogP) is 3.73. The van der Waals surface area contributed by atoms with E-state index in [1.807, 2.05) is 48.3 Å². The Kier molecular flexibility index (Phi) is 4.61. The molecule has 0 fully saturated rings. The maximum Gasteiger partial charge on any atom is 0.225 e. The first kappa shape index (κ1) is 16.9. The Labute approximate surface area is 157 Å². The second-order valence-electron chi connectivity index (χ2n) is 6.14. The van der Waals surface area contributed by atoms with E-state index in [4.69, 9.17) is 4.74 Å². The minimum absolute atomic E-state index is 0.644. The lowest BCUT2D eigenvalue weighted by molar-refractivity contribution is 0.419. The lowest BCUT2D eigenvalue weighted by Crippen LogP contribution is -2.19. The lowest BCUT2D eigenvalue weighted by Gasteiger charge is -2.19. The highest BCUT2D eigenvalue weighted by molar-refractivity contribution is 5.87. The van der Waals surface area contributed by atoms with Crippen LogP contribution in [0, 0.1) is 0 Å².